The molecule has 3 aromatic rings. The maximum atomic E-state index is 13.5. The zero-order valence-electron chi connectivity index (χ0n) is 21.2. The van der Waals surface area contributed by atoms with Crippen molar-refractivity contribution in [1.29, 1.82) is 0 Å². The molecule has 0 bridgehead atoms. The van der Waals surface area contributed by atoms with Gasteiger partial charge in [0, 0.05) is 26.2 Å². The summed E-state index contributed by atoms with van der Waals surface area (Å²) >= 11 is 0. The van der Waals surface area contributed by atoms with Crippen LogP contribution in [0.15, 0.2) is 29.2 Å². The Labute approximate surface area is 207 Å². The molecule has 9 heteroatoms. The molecule has 1 aliphatic heterocycles. The number of carbonyl (C=O) groups excluding carboxylic acids is 1. The first-order valence-electron chi connectivity index (χ1n) is 11.8. The summed E-state index contributed by atoms with van der Waals surface area (Å²) in [4.78, 5) is 24.4. The van der Waals surface area contributed by atoms with E-state index in [9.17, 15) is 13.2 Å². The third kappa shape index (κ3) is 4.75. The molecular weight excluding hydrogens is 464 g/mol. The van der Waals surface area contributed by atoms with Gasteiger partial charge in [-0.2, -0.15) is 4.31 Å². The second-order valence-corrected chi connectivity index (χ2v) is 11.0. The van der Waals surface area contributed by atoms with Crippen LogP contribution in [0, 0.1) is 34.6 Å². The lowest BCUT2D eigenvalue weighted by Gasteiger charge is -2.35. The largest absolute Gasteiger partial charge is 0.461 e. The molecule has 8 nitrogen and oxygen atoms in total. The molecule has 1 aromatic heterocycles. The smallest absolute Gasteiger partial charge is 0.360 e. The predicted molar refractivity (Wildman–Crippen MR) is 137 cm³/mol. The monoisotopic (exact) mass is 496 g/mol. The maximum Gasteiger partial charge on any atom is 0.360 e. The predicted octanol–water partition coefficient (Wildman–Crippen LogP) is 3.86. The highest BCUT2D eigenvalue weighted by molar-refractivity contribution is 7.89. The topological polar surface area (TPSA) is 92.7 Å². The number of hydrogen-bond acceptors (Lipinski definition) is 7. The van der Waals surface area contributed by atoms with Gasteiger partial charge in [0.15, 0.2) is 11.5 Å². The second-order valence-electron chi connectivity index (χ2n) is 9.16. The van der Waals surface area contributed by atoms with E-state index in [0.29, 0.717) is 34.8 Å². The minimum Gasteiger partial charge on any atom is -0.461 e. The summed E-state index contributed by atoms with van der Waals surface area (Å²) in [7, 11) is -3.65. The number of ether oxygens (including phenoxy) is 1. The summed E-state index contributed by atoms with van der Waals surface area (Å²) in [6, 6.07) is 7.67. The Hall–Kier alpha value is -3.04. The van der Waals surface area contributed by atoms with Crippen LogP contribution < -0.4 is 4.90 Å². The fourth-order valence-electron chi connectivity index (χ4n) is 4.70. The van der Waals surface area contributed by atoms with E-state index < -0.39 is 16.0 Å². The van der Waals surface area contributed by atoms with Gasteiger partial charge in [-0.05, 0) is 75.9 Å². The molecule has 0 atom stereocenters. The van der Waals surface area contributed by atoms with Gasteiger partial charge in [0.25, 0.3) is 0 Å². The Bertz CT molecular complexity index is 1390. The first kappa shape index (κ1) is 25.1. The molecule has 2 aromatic carbocycles. The van der Waals surface area contributed by atoms with Crippen molar-refractivity contribution in [2.45, 2.75) is 46.4 Å². The third-order valence-corrected chi connectivity index (χ3v) is 8.68. The highest BCUT2D eigenvalue weighted by Crippen LogP contribution is 2.29. The minimum absolute atomic E-state index is 0.157. The first-order chi connectivity index (χ1) is 16.5. The molecular formula is C26H32N4O4S. The van der Waals surface area contributed by atoms with Gasteiger partial charge in [0.05, 0.1) is 22.5 Å². The summed E-state index contributed by atoms with van der Waals surface area (Å²) < 4.78 is 33.8. The van der Waals surface area contributed by atoms with Crippen molar-refractivity contribution >= 4 is 32.8 Å². The molecule has 4 rings (SSSR count). The molecule has 0 unspecified atom stereocenters. The lowest BCUT2D eigenvalue weighted by Crippen LogP contribution is -2.49. The van der Waals surface area contributed by atoms with E-state index in [4.69, 9.17) is 9.72 Å². The number of carbonyl (C=O) groups is 1. The second kappa shape index (κ2) is 9.54. The molecule has 35 heavy (non-hydrogen) atoms. The van der Waals surface area contributed by atoms with E-state index in [1.807, 2.05) is 63.8 Å². The van der Waals surface area contributed by atoms with Crippen LogP contribution in [0.25, 0.3) is 11.0 Å². The van der Waals surface area contributed by atoms with Gasteiger partial charge >= 0.3 is 5.97 Å². The summed E-state index contributed by atoms with van der Waals surface area (Å²) in [6.45, 7) is 13.0. The summed E-state index contributed by atoms with van der Waals surface area (Å²) in [5, 5.41) is 0. The summed E-state index contributed by atoms with van der Waals surface area (Å²) in [5.41, 5.74) is 6.17. The van der Waals surface area contributed by atoms with Crippen molar-refractivity contribution in [1.82, 2.24) is 14.3 Å². The van der Waals surface area contributed by atoms with Gasteiger partial charge < -0.3 is 9.64 Å². The van der Waals surface area contributed by atoms with Gasteiger partial charge in [-0.15, -0.1) is 0 Å². The highest BCUT2D eigenvalue weighted by Gasteiger charge is 2.33. The number of aryl methyl sites for hydroxylation is 5. The van der Waals surface area contributed by atoms with Gasteiger partial charge in [0.2, 0.25) is 10.0 Å². The SMILES string of the molecule is CCOC(=O)c1nc2cc(C)c(C)cc2nc1N1CCN(S(=O)(=O)c2c(C)cc(C)cc2C)CC1. The quantitative estimate of drug-likeness (QED) is 0.495. The van der Waals surface area contributed by atoms with Crippen molar-refractivity contribution in [3.05, 3.63) is 57.8 Å². The number of sulfonamides is 1. The summed E-state index contributed by atoms with van der Waals surface area (Å²) in [5.74, 6) is -0.102. The Morgan fingerprint density at radius 2 is 1.40 bits per heavy atom. The highest BCUT2D eigenvalue weighted by atomic mass is 32.2. The van der Waals surface area contributed by atoms with Gasteiger partial charge in [-0.3, -0.25) is 0 Å². The van der Waals surface area contributed by atoms with Crippen LogP contribution in [0.3, 0.4) is 0 Å². The van der Waals surface area contributed by atoms with E-state index in [1.165, 1.54) is 4.31 Å². The normalized spacial score (nSPS) is 15.0. The van der Waals surface area contributed by atoms with Crippen molar-refractivity contribution in [3.63, 3.8) is 0 Å². The van der Waals surface area contributed by atoms with E-state index in [0.717, 1.165) is 27.8 Å². The van der Waals surface area contributed by atoms with Crippen LogP contribution in [0.4, 0.5) is 5.82 Å². The Kier molecular flexibility index (Phi) is 6.83. The number of nitrogens with zero attached hydrogens (tertiary/aromatic N) is 4. The van der Waals surface area contributed by atoms with Crippen LogP contribution in [-0.4, -0.2) is 61.4 Å². The van der Waals surface area contributed by atoms with Gasteiger partial charge in [-0.1, -0.05) is 17.7 Å². The minimum atomic E-state index is -3.65. The number of fused-ring (bicyclic) bond motifs is 1. The van der Waals surface area contributed by atoms with Crippen LogP contribution in [0.5, 0.6) is 0 Å². The molecule has 0 saturated carbocycles. The standard InChI is InChI=1S/C26H32N4O4S/c1-7-34-26(31)23-25(28-22-15-18(4)17(3)14-21(22)27-23)29-8-10-30(11-9-29)35(32,33)24-19(5)12-16(2)13-20(24)6/h12-15H,7-11H2,1-6H3. The number of rotatable bonds is 5. The van der Waals surface area contributed by atoms with E-state index in [1.54, 1.807) is 6.92 Å². The number of esters is 1. The van der Waals surface area contributed by atoms with Crippen LogP contribution in [-0.2, 0) is 14.8 Å². The molecule has 0 N–H and O–H groups in total. The first-order valence-corrected chi connectivity index (χ1v) is 13.3. The molecule has 1 saturated heterocycles. The average molecular weight is 497 g/mol. The van der Waals surface area contributed by atoms with Crippen molar-refractivity contribution in [2.24, 2.45) is 0 Å². The van der Waals surface area contributed by atoms with Crippen molar-refractivity contribution < 1.29 is 17.9 Å². The van der Waals surface area contributed by atoms with Crippen molar-refractivity contribution in [3.8, 4) is 0 Å². The Morgan fingerprint density at radius 3 is 1.94 bits per heavy atom. The average Bonchev–Trinajstić information content (AvgIpc) is 2.78. The molecule has 0 radical (unpaired) electrons. The molecule has 0 amide bonds. The zero-order valence-corrected chi connectivity index (χ0v) is 22.0. The van der Waals surface area contributed by atoms with E-state index in [2.05, 4.69) is 4.98 Å². The molecule has 2 heterocycles. The maximum absolute atomic E-state index is 13.5. The lowest BCUT2D eigenvalue weighted by molar-refractivity contribution is 0.0520. The number of anilines is 1. The van der Waals surface area contributed by atoms with Crippen molar-refractivity contribution in [2.75, 3.05) is 37.7 Å². The third-order valence-electron chi connectivity index (χ3n) is 6.47. The zero-order chi connectivity index (χ0) is 25.5. The molecule has 0 spiro atoms. The van der Waals surface area contributed by atoms with Crippen LogP contribution in [0.2, 0.25) is 0 Å². The fraction of sp³-hybridized carbons (Fsp3) is 0.423. The van der Waals surface area contributed by atoms with Gasteiger partial charge in [-0.25, -0.2) is 23.2 Å². The molecule has 1 fully saturated rings. The lowest BCUT2D eigenvalue weighted by atomic mass is 10.1. The molecule has 186 valence electrons. The number of aromatic nitrogens is 2. The van der Waals surface area contributed by atoms with Gasteiger partial charge in [0.1, 0.15) is 0 Å². The Morgan fingerprint density at radius 1 is 0.857 bits per heavy atom. The van der Waals surface area contributed by atoms with Crippen LogP contribution in [0.1, 0.15) is 45.2 Å². The number of hydrogen-bond donors (Lipinski definition) is 0. The Balaban J connectivity index is 1.66. The summed E-state index contributed by atoms with van der Waals surface area (Å²) in [6.07, 6.45) is 0. The van der Waals surface area contributed by atoms with E-state index >= 15 is 0 Å². The fourth-order valence-corrected chi connectivity index (χ4v) is 6.54. The van der Waals surface area contributed by atoms with E-state index in [-0.39, 0.29) is 25.4 Å². The van der Waals surface area contributed by atoms with Crippen LogP contribution >= 0.6 is 0 Å². The molecule has 0 aliphatic carbocycles. The number of piperazine rings is 1. The number of benzene rings is 2. The molecule has 1 aliphatic rings.